The Balaban J connectivity index is 2.96. The number of benzene rings is 1. The third kappa shape index (κ3) is 1.83. The zero-order chi connectivity index (χ0) is 9.14. The van der Waals surface area contributed by atoms with Crippen molar-refractivity contribution < 1.29 is 10.0 Å². The van der Waals surface area contributed by atoms with Gasteiger partial charge in [0.1, 0.15) is 0 Å². The van der Waals surface area contributed by atoms with Crippen molar-refractivity contribution >= 4 is 5.91 Å². The highest BCUT2D eigenvalue weighted by Crippen LogP contribution is 2.05. The number of nitrogens with zero attached hydrogens (tertiary/aromatic N) is 1. The summed E-state index contributed by atoms with van der Waals surface area (Å²) >= 11 is 0. The Kier molecular flexibility index (Phi) is 2.45. The molecule has 0 heterocycles. The molecule has 1 N–H and O–H groups in total. The Morgan fingerprint density at radius 3 is 2.67 bits per heavy atom. The van der Waals surface area contributed by atoms with E-state index < -0.39 is 5.91 Å². The quantitative estimate of drug-likeness (QED) is 0.505. The van der Waals surface area contributed by atoms with E-state index >= 15 is 0 Å². The SMILES string of the molecule is Cc1cccc(C(=O)N(C)O)c1. The van der Waals surface area contributed by atoms with Gasteiger partial charge in [0.15, 0.2) is 0 Å². The fourth-order valence-corrected chi connectivity index (χ4v) is 0.965. The average molecular weight is 165 g/mol. The zero-order valence-electron chi connectivity index (χ0n) is 7.11. The number of rotatable bonds is 1. The minimum Gasteiger partial charge on any atom is -0.286 e. The third-order valence-corrected chi connectivity index (χ3v) is 1.56. The van der Waals surface area contributed by atoms with Crippen molar-refractivity contribution in [1.82, 2.24) is 5.06 Å². The number of carbonyl (C=O) groups is 1. The van der Waals surface area contributed by atoms with Crippen LogP contribution in [0.3, 0.4) is 0 Å². The molecule has 0 aromatic heterocycles. The summed E-state index contributed by atoms with van der Waals surface area (Å²) in [5.41, 5.74) is 1.50. The highest BCUT2D eigenvalue weighted by atomic mass is 16.5. The summed E-state index contributed by atoms with van der Waals surface area (Å²) in [4.78, 5) is 11.2. The predicted octanol–water partition coefficient (Wildman–Crippen LogP) is 1.46. The van der Waals surface area contributed by atoms with Gasteiger partial charge in [0, 0.05) is 12.6 Å². The van der Waals surface area contributed by atoms with E-state index in [2.05, 4.69) is 0 Å². The van der Waals surface area contributed by atoms with E-state index in [-0.39, 0.29) is 0 Å². The van der Waals surface area contributed by atoms with Gasteiger partial charge in [-0.3, -0.25) is 10.0 Å². The number of amides is 1. The van der Waals surface area contributed by atoms with E-state index in [1.165, 1.54) is 7.05 Å². The summed E-state index contributed by atoms with van der Waals surface area (Å²) in [7, 11) is 1.31. The van der Waals surface area contributed by atoms with Crippen molar-refractivity contribution in [1.29, 1.82) is 0 Å². The largest absolute Gasteiger partial charge is 0.286 e. The molecule has 0 saturated carbocycles. The molecule has 0 bridgehead atoms. The first kappa shape index (κ1) is 8.74. The van der Waals surface area contributed by atoms with Gasteiger partial charge in [-0.15, -0.1) is 0 Å². The summed E-state index contributed by atoms with van der Waals surface area (Å²) in [6.45, 7) is 1.90. The van der Waals surface area contributed by atoms with E-state index in [1.54, 1.807) is 18.2 Å². The van der Waals surface area contributed by atoms with Gasteiger partial charge in [-0.2, -0.15) is 0 Å². The molecule has 64 valence electrons. The van der Waals surface area contributed by atoms with Gasteiger partial charge in [-0.05, 0) is 19.1 Å². The number of hydrogen-bond acceptors (Lipinski definition) is 2. The molecule has 1 aromatic carbocycles. The monoisotopic (exact) mass is 165 g/mol. The summed E-state index contributed by atoms with van der Waals surface area (Å²) in [6.07, 6.45) is 0. The molecule has 0 spiro atoms. The van der Waals surface area contributed by atoms with Gasteiger partial charge < -0.3 is 0 Å². The van der Waals surface area contributed by atoms with Crippen LogP contribution >= 0.6 is 0 Å². The molecule has 0 atom stereocenters. The Hall–Kier alpha value is -1.35. The number of hydroxylamine groups is 2. The second kappa shape index (κ2) is 3.36. The van der Waals surface area contributed by atoms with Gasteiger partial charge in [-0.25, -0.2) is 5.06 Å². The highest BCUT2D eigenvalue weighted by molar-refractivity contribution is 5.93. The lowest BCUT2D eigenvalue weighted by molar-refractivity contribution is -0.0374. The van der Waals surface area contributed by atoms with Crippen LogP contribution in [0, 0.1) is 6.92 Å². The van der Waals surface area contributed by atoms with E-state index in [4.69, 9.17) is 5.21 Å². The molecule has 3 nitrogen and oxygen atoms in total. The van der Waals surface area contributed by atoms with Crippen LogP contribution in [0.1, 0.15) is 15.9 Å². The molecule has 0 aliphatic carbocycles. The smallest absolute Gasteiger partial charge is 0.276 e. The Bertz CT molecular complexity index is 294. The molecular formula is C9H11NO2. The van der Waals surface area contributed by atoms with Crippen LogP contribution in [-0.4, -0.2) is 23.2 Å². The summed E-state index contributed by atoms with van der Waals surface area (Å²) in [5.74, 6) is -0.390. The van der Waals surface area contributed by atoms with Crippen molar-refractivity contribution in [3.8, 4) is 0 Å². The summed E-state index contributed by atoms with van der Waals surface area (Å²) in [6, 6.07) is 7.08. The third-order valence-electron chi connectivity index (χ3n) is 1.56. The van der Waals surface area contributed by atoms with Gasteiger partial charge in [0.05, 0.1) is 0 Å². The summed E-state index contributed by atoms with van der Waals surface area (Å²) < 4.78 is 0. The molecule has 0 saturated heterocycles. The standard InChI is InChI=1S/C9H11NO2/c1-7-4-3-5-8(6-7)9(11)10(2)12/h3-6,12H,1-2H3. The van der Waals surface area contributed by atoms with E-state index in [0.29, 0.717) is 10.6 Å². The molecule has 3 heteroatoms. The molecule has 1 amide bonds. The lowest BCUT2D eigenvalue weighted by Crippen LogP contribution is -2.22. The van der Waals surface area contributed by atoms with Crippen LogP contribution in [0.15, 0.2) is 24.3 Å². The Morgan fingerprint density at radius 2 is 2.17 bits per heavy atom. The van der Waals surface area contributed by atoms with E-state index in [0.717, 1.165) is 5.56 Å². The van der Waals surface area contributed by atoms with Crippen molar-refractivity contribution in [3.05, 3.63) is 35.4 Å². The molecule has 0 unspecified atom stereocenters. The maximum atomic E-state index is 11.2. The van der Waals surface area contributed by atoms with Crippen LogP contribution in [0.4, 0.5) is 0 Å². The van der Waals surface area contributed by atoms with Crippen molar-refractivity contribution in [2.45, 2.75) is 6.92 Å². The minimum absolute atomic E-state index is 0.390. The zero-order valence-corrected chi connectivity index (χ0v) is 7.11. The van der Waals surface area contributed by atoms with Gasteiger partial charge in [0.2, 0.25) is 0 Å². The number of hydrogen-bond donors (Lipinski definition) is 1. The minimum atomic E-state index is -0.390. The second-order valence-electron chi connectivity index (χ2n) is 2.70. The van der Waals surface area contributed by atoms with Crippen molar-refractivity contribution in [2.24, 2.45) is 0 Å². The first-order valence-electron chi connectivity index (χ1n) is 3.65. The molecule has 0 radical (unpaired) electrons. The van der Waals surface area contributed by atoms with Gasteiger partial charge >= 0.3 is 0 Å². The van der Waals surface area contributed by atoms with Crippen LogP contribution in [0.2, 0.25) is 0 Å². The Morgan fingerprint density at radius 1 is 1.50 bits per heavy atom. The van der Waals surface area contributed by atoms with Crippen molar-refractivity contribution in [3.63, 3.8) is 0 Å². The topological polar surface area (TPSA) is 40.5 Å². The average Bonchev–Trinajstić information content (AvgIpc) is 2.03. The maximum Gasteiger partial charge on any atom is 0.276 e. The first-order chi connectivity index (χ1) is 5.61. The van der Waals surface area contributed by atoms with Crippen LogP contribution in [0.5, 0.6) is 0 Å². The summed E-state index contributed by atoms with van der Waals surface area (Å²) in [5, 5.41) is 9.43. The maximum absolute atomic E-state index is 11.2. The molecule has 0 fully saturated rings. The van der Waals surface area contributed by atoms with Crippen LogP contribution in [0.25, 0.3) is 0 Å². The first-order valence-corrected chi connectivity index (χ1v) is 3.65. The Labute approximate surface area is 71.2 Å². The molecule has 0 aliphatic rings. The van der Waals surface area contributed by atoms with Crippen LogP contribution in [-0.2, 0) is 0 Å². The molecule has 0 aliphatic heterocycles. The van der Waals surface area contributed by atoms with Crippen molar-refractivity contribution in [2.75, 3.05) is 7.05 Å². The lowest BCUT2D eigenvalue weighted by Gasteiger charge is -2.07. The molecule has 12 heavy (non-hydrogen) atoms. The van der Waals surface area contributed by atoms with Crippen LogP contribution < -0.4 is 0 Å². The number of aryl methyl sites for hydroxylation is 1. The highest BCUT2D eigenvalue weighted by Gasteiger charge is 2.07. The predicted molar refractivity (Wildman–Crippen MR) is 45.1 cm³/mol. The van der Waals surface area contributed by atoms with E-state index in [1.807, 2.05) is 13.0 Å². The van der Waals surface area contributed by atoms with E-state index in [9.17, 15) is 4.79 Å². The van der Waals surface area contributed by atoms with Gasteiger partial charge in [-0.1, -0.05) is 17.7 Å². The molecule has 1 rings (SSSR count). The normalized spacial score (nSPS) is 9.58. The second-order valence-corrected chi connectivity index (χ2v) is 2.70. The fourth-order valence-electron chi connectivity index (χ4n) is 0.965. The lowest BCUT2D eigenvalue weighted by atomic mass is 10.1. The fraction of sp³-hybridized carbons (Fsp3) is 0.222. The molecule has 1 aromatic rings. The van der Waals surface area contributed by atoms with Gasteiger partial charge in [0.25, 0.3) is 5.91 Å². The number of carbonyl (C=O) groups excluding carboxylic acids is 1. The molecular weight excluding hydrogens is 154 g/mol.